The molecule has 3 aromatic rings. The number of pyridine rings is 1. The summed E-state index contributed by atoms with van der Waals surface area (Å²) in [4.78, 5) is 17.6. The van der Waals surface area contributed by atoms with Gasteiger partial charge in [0.15, 0.2) is 5.96 Å². The Kier molecular flexibility index (Phi) is 5.11. The lowest BCUT2D eigenvalue weighted by molar-refractivity contribution is 0.474. The summed E-state index contributed by atoms with van der Waals surface area (Å²) in [5.74, 6) is 0.858. The molecule has 1 N–H and O–H groups in total. The van der Waals surface area contributed by atoms with Gasteiger partial charge in [-0.25, -0.2) is 9.97 Å². The lowest BCUT2D eigenvalue weighted by atomic mass is 10.0. The van der Waals surface area contributed by atoms with E-state index < -0.39 is 0 Å². The van der Waals surface area contributed by atoms with Crippen LogP contribution in [0.4, 0.5) is 0 Å². The molecule has 0 saturated carbocycles. The fraction of sp³-hybridized carbons (Fsp3) is 0.450. The molecule has 3 heterocycles. The normalized spacial score (nSPS) is 14.4. The molecule has 4 rings (SSSR count). The van der Waals surface area contributed by atoms with Crippen LogP contribution in [0.15, 0.2) is 29.4 Å². The number of aliphatic imine (C=N–C) groups is 1. The van der Waals surface area contributed by atoms with E-state index in [1.807, 2.05) is 30.5 Å². The molecule has 0 atom stereocenters. The van der Waals surface area contributed by atoms with E-state index in [1.54, 1.807) is 0 Å². The molecule has 0 bridgehead atoms. The van der Waals surface area contributed by atoms with Crippen molar-refractivity contribution in [1.29, 1.82) is 0 Å². The van der Waals surface area contributed by atoms with Crippen LogP contribution in [-0.4, -0.2) is 39.3 Å². The van der Waals surface area contributed by atoms with E-state index in [0.29, 0.717) is 6.54 Å². The maximum atomic E-state index is 4.84. The third-order valence-corrected chi connectivity index (χ3v) is 6.15. The number of aryl methyl sites for hydroxylation is 3. The summed E-state index contributed by atoms with van der Waals surface area (Å²) in [5, 5.41) is 4.60. The van der Waals surface area contributed by atoms with E-state index in [4.69, 9.17) is 4.98 Å². The first-order chi connectivity index (χ1) is 13.1. The van der Waals surface area contributed by atoms with Crippen LogP contribution in [0.1, 0.15) is 39.8 Å². The molecular weight excluding hydrogens is 356 g/mol. The zero-order valence-electron chi connectivity index (χ0n) is 16.2. The summed E-state index contributed by atoms with van der Waals surface area (Å²) in [6.07, 6.45) is 6.98. The Morgan fingerprint density at radius 2 is 2.15 bits per heavy atom. The van der Waals surface area contributed by atoms with Crippen molar-refractivity contribution >= 4 is 22.9 Å². The fourth-order valence-electron chi connectivity index (χ4n) is 3.59. The highest BCUT2D eigenvalue weighted by Gasteiger charge is 2.17. The summed E-state index contributed by atoms with van der Waals surface area (Å²) >= 11 is 1.86. The Hall–Kier alpha value is -2.41. The van der Waals surface area contributed by atoms with Crippen LogP contribution in [0.2, 0.25) is 0 Å². The Balaban J connectivity index is 1.40. The number of fused-ring (bicyclic) bond motifs is 2. The van der Waals surface area contributed by atoms with Crippen molar-refractivity contribution in [2.45, 2.75) is 45.7 Å². The van der Waals surface area contributed by atoms with E-state index in [-0.39, 0.29) is 0 Å². The van der Waals surface area contributed by atoms with E-state index in [2.05, 4.69) is 50.8 Å². The fourth-order valence-corrected chi connectivity index (χ4v) is 4.80. The first kappa shape index (κ1) is 18.0. The first-order valence-electron chi connectivity index (χ1n) is 9.47. The van der Waals surface area contributed by atoms with Crippen molar-refractivity contribution in [3.8, 4) is 0 Å². The van der Waals surface area contributed by atoms with Crippen molar-refractivity contribution in [1.82, 2.24) is 24.6 Å². The predicted molar refractivity (Wildman–Crippen MR) is 110 cm³/mol. The lowest BCUT2D eigenvalue weighted by Gasteiger charge is -2.20. The molecule has 0 unspecified atom stereocenters. The second-order valence-electron chi connectivity index (χ2n) is 7.07. The molecule has 27 heavy (non-hydrogen) atoms. The molecule has 3 aromatic heterocycles. The van der Waals surface area contributed by atoms with Gasteiger partial charge in [0, 0.05) is 30.9 Å². The quantitative estimate of drug-likeness (QED) is 0.556. The molecule has 0 radical (unpaired) electrons. The molecule has 0 fully saturated rings. The maximum Gasteiger partial charge on any atom is 0.194 e. The molecule has 1 aliphatic carbocycles. The molecular formula is C20H26N6S. The van der Waals surface area contributed by atoms with E-state index in [1.165, 1.54) is 40.5 Å². The number of hydrogen-bond acceptors (Lipinski definition) is 4. The van der Waals surface area contributed by atoms with Gasteiger partial charge in [-0.2, -0.15) is 0 Å². The van der Waals surface area contributed by atoms with Crippen LogP contribution >= 0.6 is 11.3 Å². The van der Waals surface area contributed by atoms with Gasteiger partial charge in [0.05, 0.1) is 24.5 Å². The highest BCUT2D eigenvalue weighted by Crippen LogP contribution is 2.27. The van der Waals surface area contributed by atoms with Gasteiger partial charge in [0.2, 0.25) is 0 Å². The standard InChI is InChI=1S/C20H26N6S/c1-14-7-6-10-18-23-15(12-26(14)18)11-22-20(21-2)25(3)13-19-24-16-8-4-5-9-17(16)27-19/h6-7,10,12H,4-5,8-9,11,13H2,1-3H3,(H,21,22). The van der Waals surface area contributed by atoms with Crippen LogP contribution in [0.25, 0.3) is 5.65 Å². The van der Waals surface area contributed by atoms with Crippen LogP contribution in [-0.2, 0) is 25.9 Å². The van der Waals surface area contributed by atoms with Crippen molar-refractivity contribution < 1.29 is 0 Å². The molecule has 1 aliphatic rings. The zero-order valence-corrected chi connectivity index (χ0v) is 17.0. The minimum Gasteiger partial charge on any atom is -0.351 e. The van der Waals surface area contributed by atoms with Crippen molar-refractivity contribution in [3.05, 3.63) is 51.4 Å². The zero-order chi connectivity index (χ0) is 18.8. The summed E-state index contributed by atoms with van der Waals surface area (Å²) in [6, 6.07) is 6.16. The number of guanidine groups is 1. The highest BCUT2D eigenvalue weighted by molar-refractivity contribution is 7.11. The van der Waals surface area contributed by atoms with Crippen molar-refractivity contribution in [2.24, 2.45) is 4.99 Å². The first-order valence-corrected chi connectivity index (χ1v) is 10.3. The van der Waals surface area contributed by atoms with Crippen LogP contribution in [0, 0.1) is 6.92 Å². The average Bonchev–Trinajstić information content (AvgIpc) is 3.26. The number of hydrogen-bond donors (Lipinski definition) is 1. The van der Waals surface area contributed by atoms with Gasteiger partial charge in [-0.05, 0) is 44.7 Å². The van der Waals surface area contributed by atoms with Gasteiger partial charge in [-0.3, -0.25) is 4.99 Å². The Morgan fingerprint density at radius 3 is 2.93 bits per heavy atom. The number of thiazole rings is 1. The monoisotopic (exact) mass is 382 g/mol. The second-order valence-corrected chi connectivity index (χ2v) is 8.24. The van der Waals surface area contributed by atoms with Gasteiger partial charge < -0.3 is 14.6 Å². The molecule has 7 heteroatoms. The molecule has 142 valence electrons. The van der Waals surface area contributed by atoms with Gasteiger partial charge >= 0.3 is 0 Å². The topological polar surface area (TPSA) is 57.8 Å². The summed E-state index contributed by atoms with van der Waals surface area (Å²) in [6.45, 7) is 3.51. The summed E-state index contributed by atoms with van der Waals surface area (Å²) in [5.41, 5.74) is 4.48. The molecule has 0 aromatic carbocycles. The average molecular weight is 383 g/mol. The molecule has 0 amide bonds. The largest absolute Gasteiger partial charge is 0.351 e. The Bertz CT molecular complexity index is 947. The predicted octanol–water partition coefficient (Wildman–Crippen LogP) is 3.19. The van der Waals surface area contributed by atoms with Gasteiger partial charge in [-0.15, -0.1) is 11.3 Å². The number of nitrogens with zero attached hydrogens (tertiary/aromatic N) is 5. The number of aromatic nitrogens is 3. The minimum atomic E-state index is 0.645. The van der Waals surface area contributed by atoms with E-state index >= 15 is 0 Å². The summed E-state index contributed by atoms with van der Waals surface area (Å²) < 4.78 is 2.11. The Morgan fingerprint density at radius 1 is 1.30 bits per heavy atom. The van der Waals surface area contributed by atoms with E-state index in [9.17, 15) is 0 Å². The third kappa shape index (κ3) is 3.83. The molecule has 0 aliphatic heterocycles. The van der Waals surface area contributed by atoms with Crippen molar-refractivity contribution in [2.75, 3.05) is 14.1 Å². The molecule has 0 saturated heterocycles. The maximum absolute atomic E-state index is 4.84. The lowest BCUT2D eigenvalue weighted by Crippen LogP contribution is -2.38. The molecule has 6 nitrogen and oxygen atoms in total. The van der Waals surface area contributed by atoms with Gasteiger partial charge in [0.1, 0.15) is 10.7 Å². The van der Waals surface area contributed by atoms with Crippen LogP contribution < -0.4 is 5.32 Å². The smallest absolute Gasteiger partial charge is 0.194 e. The van der Waals surface area contributed by atoms with Crippen molar-refractivity contribution in [3.63, 3.8) is 0 Å². The van der Waals surface area contributed by atoms with E-state index in [0.717, 1.165) is 30.3 Å². The highest BCUT2D eigenvalue weighted by atomic mass is 32.1. The molecule has 0 spiro atoms. The second kappa shape index (κ2) is 7.68. The number of nitrogens with one attached hydrogen (secondary N) is 1. The SMILES string of the molecule is CN=C(NCc1cn2c(C)cccc2n1)N(C)Cc1nc2c(s1)CCCC2. The summed E-state index contributed by atoms with van der Waals surface area (Å²) in [7, 11) is 3.88. The Labute approximate surface area is 164 Å². The number of rotatable bonds is 4. The van der Waals surface area contributed by atoms with Crippen LogP contribution in [0.5, 0.6) is 0 Å². The van der Waals surface area contributed by atoms with Gasteiger partial charge in [0.25, 0.3) is 0 Å². The number of imidazole rings is 1. The van der Waals surface area contributed by atoms with Crippen LogP contribution in [0.3, 0.4) is 0 Å². The minimum absolute atomic E-state index is 0.645. The third-order valence-electron chi connectivity index (χ3n) is 5.01. The van der Waals surface area contributed by atoms with Gasteiger partial charge in [-0.1, -0.05) is 6.07 Å².